The Balaban J connectivity index is 2.69. The van der Waals surface area contributed by atoms with Gasteiger partial charge >= 0.3 is 23.8 Å². The third kappa shape index (κ3) is 5.20. The molecule has 1 amide bonds. The van der Waals surface area contributed by atoms with Gasteiger partial charge in [-0.1, -0.05) is 30.1 Å². The van der Waals surface area contributed by atoms with E-state index in [1.165, 1.54) is 6.07 Å². The van der Waals surface area contributed by atoms with E-state index >= 15 is 0 Å². The van der Waals surface area contributed by atoms with E-state index in [2.05, 4.69) is 4.74 Å². The van der Waals surface area contributed by atoms with Crippen molar-refractivity contribution in [2.24, 2.45) is 0 Å². The number of methoxy groups -OCH3 is 2. The maximum atomic E-state index is 14.4. The van der Waals surface area contributed by atoms with Crippen LogP contribution in [0.5, 0.6) is 0 Å². The van der Waals surface area contributed by atoms with Crippen LogP contribution in [0.2, 0.25) is 10.0 Å². The quantitative estimate of drug-likeness (QED) is 0.390. The number of benzene rings is 1. The lowest BCUT2D eigenvalue weighted by molar-refractivity contribution is -0.203. The molecule has 13 heteroatoms. The number of anilines is 1. The lowest BCUT2D eigenvalue weighted by Crippen LogP contribution is -2.69. The van der Waals surface area contributed by atoms with Gasteiger partial charge in [-0.05, 0) is 37.1 Å². The van der Waals surface area contributed by atoms with E-state index < -0.39 is 29.7 Å². The topological polar surface area (TPSA) is 93.7 Å². The number of alkyl halides is 3. The number of aryl methyl sites for hydroxylation is 1. The van der Waals surface area contributed by atoms with E-state index in [9.17, 15) is 27.6 Å². The highest BCUT2D eigenvalue weighted by atomic mass is 35.5. The van der Waals surface area contributed by atoms with Crippen molar-refractivity contribution in [1.29, 1.82) is 0 Å². The third-order valence-electron chi connectivity index (χ3n) is 4.65. The number of hydrogen-bond donors (Lipinski definition) is 2. The summed E-state index contributed by atoms with van der Waals surface area (Å²) in [5.74, 6) is -4.12. The summed E-state index contributed by atoms with van der Waals surface area (Å²) >= 11 is 12.5. The molecule has 0 fully saturated rings. The second-order valence-electron chi connectivity index (χ2n) is 6.63. The van der Waals surface area contributed by atoms with Crippen LogP contribution in [-0.2, 0) is 20.7 Å². The molecule has 0 saturated heterocycles. The van der Waals surface area contributed by atoms with Crippen LogP contribution in [0.1, 0.15) is 38.1 Å². The fraction of sp³-hybridized carbons (Fsp3) is 0.350. The van der Waals surface area contributed by atoms with Crippen molar-refractivity contribution in [3.63, 3.8) is 0 Å². The van der Waals surface area contributed by atoms with Crippen LogP contribution in [0.3, 0.4) is 0 Å². The number of nitrogens with one attached hydrogen (secondary N) is 2. The second kappa shape index (κ2) is 10.2. The van der Waals surface area contributed by atoms with Crippen LogP contribution in [0.4, 0.5) is 18.2 Å². The molecule has 0 aliphatic heterocycles. The van der Waals surface area contributed by atoms with Crippen molar-refractivity contribution in [3.05, 3.63) is 49.8 Å². The smallest absolute Gasteiger partial charge is 0.441 e. The molecule has 1 aromatic carbocycles. The predicted molar refractivity (Wildman–Crippen MR) is 118 cm³/mol. The van der Waals surface area contributed by atoms with Gasteiger partial charge in [0.25, 0.3) is 5.91 Å². The zero-order chi connectivity index (χ0) is 25.1. The van der Waals surface area contributed by atoms with Gasteiger partial charge in [0, 0.05) is 9.90 Å². The van der Waals surface area contributed by atoms with E-state index in [0.717, 1.165) is 37.7 Å². The normalized spacial score (nSPS) is 13.1. The molecule has 1 unspecified atom stereocenters. The fourth-order valence-corrected chi connectivity index (χ4v) is 4.72. The molecule has 0 radical (unpaired) electrons. The molecule has 2 rings (SSSR count). The molecule has 0 saturated carbocycles. The molecule has 1 atom stereocenters. The summed E-state index contributed by atoms with van der Waals surface area (Å²) in [5, 5.41) is 3.24. The molecule has 0 aliphatic carbocycles. The van der Waals surface area contributed by atoms with Gasteiger partial charge in [-0.15, -0.1) is 11.3 Å². The minimum atomic E-state index is -5.41. The van der Waals surface area contributed by atoms with Crippen molar-refractivity contribution in [1.82, 2.24) is 5.32 Å². The molecule has 1 aromatic heterocycles. The first-order valence-corrected chi connectivity index (χ1v) is 10.8. The number of carbonyl (C=O) groups excluding carboxylic acids is 3. The standard InChI is InChI=1S/C20H19Cl2F3N2O5S/c1-5-11-9(2)33-16(14(11)17(29)31-3)27-19(18(30)32-4,20(23,24)25)26-15(28)12-7-6-10(21)8-13(12)22/h6-8,27H,5H2,1-4H3,(H,26,28). The van der Waals surface area contributed by atoms with Crippen LogP contribution in [0.25, 0.3) is 0 Å². The number of esters is 2. The van der Waals surface area contributed by atoms with Crippen LogP contribution >= 0.6 is 34.5 Å². The van der Waals surface area contributed by atoms with Crippen molar-refractivity contribution in [2.45, 2.75) is 32.1 Å². The summed E-state index contributed by atoms with van der Waals surface area (Å²) in [6.45, 7) is 3.30. The van der Waals surface area contributed by atoms with Gasteiger partial charge in [0.15, 0.2) is 0 Å². The highest BCUT2D eigenvalue weighted by molar-refractivity contribution is 7.16. The molecular formula is C20H19Cl2F3N2O5S. The summed E-state index contributed by atoms with van der Waals surface area (Å²) in [7, 11) is 1.80. The lowest BCUT2D eigenvalue weighted by Gasteiger charge is -2.34. The number of hydrogen-bond acceptors (Lipinski definition) is 7. The van der Waals surface area contributed by atoms with Gasteiger partial charge in [-0.3, -0.25) is 4.79 Å². The van der Waals surface area contributed by atoms with Crippen LogP contribution in [0.15, 0.2) is 18.2 Å². The molecule has 0 spiro atoms. The van der Waals surface area contributed by atoms with Crippen molar-refractivity contribution < 1.29 is 37.0 Å². The molecule has 2 aromatic rings. The molecule has 180 valence electrons. The number of ether oxygens (including phenoxy) is 2. The molecule has 1 heterocycles. The molecular weight excluding hydrogens is 508 g/mol. The number of rotatable bonds is 7. The first-order chi connectivity index (χ1) is 15.3. The number of carbonyl (C=O) groups is 3. The zero-order valence-corrected chi connectivity index (χ0v) is 20.1. The minimum absolute atomic E-state index is 0.147. The van der Waals surface area contributed by atoms with E-state index in [1.54, 1.807) is 19.2 Å². The van der Waals surface area contributed by atoms with Gasteiger partial charge in [0.05, 0.1) is 30.4 Å². The number of halogens is 5. The Morgan fingerprint density at radius 2 is 1.76 bits per heavy atom. The largest absolute Gasteiger partial charge is 0.466 e. The Bertz CT molecular complexity index is 1090. The predicted octanol–water partition coefficient (Wildman–Crippen LogP) is 4.99. The minimum Gasteiger partial charge on any atom is -0.466 e. The van der Waals surface area contributed by atoms with Crippen LogP contribution < -0.4 is 10.6 Å². The second-order valence-corrected chi connectivity index (χ2v) is 8.70. The Morgan fingerprint density at radius 3 is 2.24 bits per heavy atom. The molecule has 33 heavy (non-hydrogen) atoms. The summed E-state index contributed by atoms with van der Waals surface area (Å²) in [6.07, 6.45) is -5.11. The lowest BCUT2D eigenvalue weighted by atomic mass is 10.1. The summed E-state index contributed by atoms with van der Waals surface area (Å²) in [6, 6.07) is 3.50. The number of thiophene rings is 1. The van der Waals surface area contributed by atoms with Crippen LogP contribution in [0, 0.1) is 6.92 Å². The Labute approximate surface area is 201 Å². The highest BCUT2D eigenvalue weighted by Crippen LogP contribution is 2.40. The third-order valence-corrected chi connectivity index (χ3v) is 6.26. The van der Waals surface area contributed by atoms with Gasteiger partial charge < -0.3 is 20.1 Å². The number of amides is 1. The molecule has 2 N–H and O–H groups in total. The Kier molecular flexibility index (Phi) is 8.26. The van der Waals surface area contributed by atoms with Gasteiger partial charge in [0.1, 0.15) is 5.00 Å². The van der Waals surface area contributed by atoms with Crippen LogP contribution in [-0.4, -0.2) is 43.9 Å². The van der Waals surface area contributed by atoms with Gasteiger partial charge in [0.2, 0.25) is 0 Å². The molecule has 0 bridgehead atoms. The van der Waals surface area contributed by atoms with E-state index in [0.29, 0.717) is 16.9 Å². The van der Waals surface area contributed by atoms with E-state index in [1.807, 2.05) is 5.32 Å². The summed E-state index contributed by atoms with van der Waals surface area (Å²) in [5.41, 5.74) is -3.88. The maximum Gasteiger partial charge on any atom is 0.441 e. The van der Waals surface area contributed by atoms with Gasteiger partial charge in [-0.2, -0.15) is 13.2 Å². The summed E-state index contributed by atoms with van der Waals surface area (Å²) in [4.78, 5) is 38.2. The average molecular weight is 527 g/mol. The Morgan fingerprint density at radius 1 is 1.12 bits per heavy atom. The SMILES string of the molecule is CCc1c(C)sc(NC(NC(=O)c2ccc(Cl)cc2Cl)(C(=O)OC)C(F)(F)F)c1C(=O)OC. The van der Waals surface area contributed by atoms with Crippen molar-refractivity contribution in [3.8, 4) is 0 Å². The average Bonchev–Trinajstić information content (AvgIpc) is 3.05. The van der Waals surface area contributed by atoms with E-state index in [-0.39, 0.29) is 26.2 Å². The summed E-state index contributed by atoms with van der Waals surface area (Å²) < 4.78 is 52.3. The fourth-order valence-electron chi connectivity index (χ4n) is 3.04. The maximum absolute atomic E-state index is 14.4. The van der Waals surface area contributed by atoms with Gasteiger partial charge in [-0.25, -0.2) is 9.59 Å². The molecule has 0 aliphatic rings. The van der Waals surface area contributed by atoms with Crippen molar-refractivity contribution in [2.75, 3.05) is 19.5 Å². The first kappa shape index (κ1) is 26.7. The van der Waals surface area contributed by atoms with Crippen molar-refractivity contribution >= 4 is 57.4 Å². The first-order valence-electron chi connectivity index (χ1n) is 9.24. The Hall–Kier alpha value is -2.50. The van der Waals surface area contributed by atoms with E-state index in [4.69, 9.17) is 27.9 Å². The highest BCUT2D eigenvalue weighted by Gasteiger charge is 2.64. The zero-order valence-electron chi connectivity index (χ0n) is 17.8. The molecule has 7 nitrogen and oxygen atoms in total. The monoisotopic (exact) mass is 526 g/mol.